The van der Waals surface area contributed by atoms with Gasteiger partial charge in [0.05, 0.1) is 25.0 Å². The van der Waals surface area contributed by atoms with Gasteiger partial charge in [-0.1, -0.05) is 122 Å². The molecule has 51 heavy (non-hydrogen) atoms. The molecule has 0 bridgehead atoms. The van der Waals surface area contributed by atoms with E-state index in [0.29, 0.717) is 38.7 Å². The summed E-state index contributed by atoms with van der Waals surface area (Å²) < 4.78 is 16.3. The molecule has 0 saturated heterocycles. The average molecular weight is 735 g/mol. The zero-order valence-corrected chi connectivity index (χ0v) is 35.1. The van der Waals surface area contributed by atoms with Crippen LogP contribution in [0.5, 0.6) is 0 Å². The Morgan fingerprint density at radius 2 is 1.31 bits per heavy atom. The second-order valence-corrected chi connectivity index (χ2v) is 21.7. The topological polar surface area (TPSA) is 99.1 Å². The van der Waals surface area contributed by atoms with Crippen molar-refractivity contribution in [3.63, 3.8) is 0 Å². The van der Waals surface area contributed by atoms with Crippen LogP contribution < -0.4 is 0 Å². The smallest absolute Gasteiger partial charge is 0.308 e. The van der Waals surface area contributed by atoms with Crippen molar-refractivity contribution < 1.29 is 33.7 Å². The van der Waals surface area contributed by atoms with Crippen molar-refractivity contribution in [1.29, 1.82) is 0 Å². The van der Waals surface area contributed by atoms with E-state index in [-0.39, 0.29) is 18.8 Å². The lowest BCUT2D eigenvalue weighted by atomic mass is 9.93. The zero-order valence-electron chi connectivity index (χ0n) is 34.1. The molecule has 0 heterocycles. The number of carbonyl (C=O) groups excluding carboxylic acids is 3. The van der Waals surface area contributed by atoms with Crippen LogP contribution in [0.3, 0.4) is 0 Å². The molecule has 3 atom stereocenters. The Morgan fingerprint density at radius 3 is 1.88 bits per heavy atom. The Morgan fingerprint density at radius 1 is 0.765 bits per heavy atom. The minimum Gasteiger partial charge on any atom is -0.466 e. The monoisotopic (exact) mass is 735 g/mol. The van der Waals surface area contributed by atoms with Gasteiger partial charge >= 0.3 is 17.9 Å². The van der Waals surface area contributed by atoms with E-state index >= 15 is 0 Å². The number of hydrogen-bond acceptors (Lipinski definition) is 7. The van der Waals surface area contributed by atoms with Crippen molar-refractivity contribution in [3.8, 4) is 11.8 Å². The molecular weight excluding hydrogens is 657 g/mol. The van der Waals surface area contributed by atoms with Crippen LogP contribution in [-0.2, 0) is 28.6 Å². The molecule has 0 aromatic carbocycles. The number of carbonyl (C=O) groups is 3. The van der Waals surface area contributed by atoms with Crippen molar-refractivity contribution in [3.05, 3.63) is 12.2 Å². The summed E-state index contributed by atoms with van der Waals surface area (Å²) in [6, 6.07) is 0.887. The third-order valence-electron chi connectivity index (χ3n) is 9.05. The molecule has 0 aliphatic carbocycles. The summed E-state index contributed by atoms with van der Waals surface area (Å²) in [4.78, 5) is 36.3. The normalized spacial score (nSPS) is 14.0. The van der Waals surface area contributed by atoms with Crippen molar-refractivity contribution in [2.45, 2.75) is 225 Å². The Hall–Kier alpha value is -2.11. The van der Waals surface area contributed by atoms with E-state index in [1.54, 1.807) is 13.8 Å². The lowest BCUT2D eigenvalue weighted by molar-refractivity contribution is -0.153. The lowest BCUT2D eigenvalue weighted by Crippen LogP contribution is -2.31. The van der Waals surface area contributed by atoms with Crippen molar-refractivity contribution in [1.82, 2.24) is 0 Å². The summed E-state index contributed by atoms with van der Waals surface area (Å²) >= 11 is 0. The minimum absolute atomic E-state index is 0.0793. The quantitative estimate of drug-likeness (QED) is 0.0183. The van der Waals surface area contributed by atoms with E-state index in [4.69, 9.17) is 14.2 Å². The molecule has 0 spiro atoms. The largest absolute Gasteiger partial charge is 0.466 e. The van der Waals surface area contributed by atoms with Crippen LogP contribution in [-0.4, -0.2) is 55.5 Å². The molecule has 0 amide bonds. The molecule has 0 aliphatic rings. The molecule has 0 aliphatic heterocycles. The molecule has 7 nitrogen and oxygen atoms in total. The maximum atomic E-state index is 12.4. The molecule has 0 fully saturated rings. The average Bonchev–Trinajstić information content (AvgIpc) is 3.02. The SMILES string of the molecule is CCCCCCCCCCCCCCCC/C=C\CCC#CCCC(=O)O[C@H](C)C[C@H](CCC[C@@](C)(O)CC(=O)OCC[Si](C)(C)C)OC(C)=O. The van der Waals surface area contributed by atoms with Gasteiger partial charge in [0.15, 0.2) is 0 Å². The highest BCUT2D eigenvalue weighted by atomic mass is 28.3. The third-order valence-corrected chi connectivity index (χ3v) is 10.8. The van der Waals surface area contributed by atoms with E-state index in [9.17, 15) is 19.5 Å². The van der Waals surface area contributed by atoms with Gasteiger partial charge in [0, 0.05) is 34.3 Å². The molecule has 0 aromatic heterocycles. The fraction of sp³-hybridized carbons (Fsp3) is 0.837. The van der Waals surface area contributed by atoms with Gasteiger partial charge in [0.2, 0.25) is 0 Å². The fourth-order valence-corrected chi connectivity index (χ4v) is 6.70. The number of rotatable bonds is 32. The Bertz CT molecular complexity index is 989. The predicted molar refractivity (Wildman–Crippen MR) is 214 cm³/mol. The predicted octanol–water partition coefficient (Wildman–Crippen LogP) is 11.4. The molecule has 8 heteroatoms. The standard InChI is InChI=1S/C43H78O7Si/c1-8-9-10-11-12-13-14-15-16-17-18-19-20-21-22-23-24-25-26-27-28-29-32-41(45)49-38(2)36-40(50-39(3)44)31-30-33-43(4,47)37-42(46)48-34-35-51(5,6)7/h23-24,38,40,47H,8-22,25-26,29-37H2,1-7H3/b24-23-/t38-,40+,43-/m1/s1. The Balaban J connectivity index is 4.03. The maximum absolute atomic E-state index is 12.4. The summed E-state index contributed by atoms with van der Waals surface area (Å²) in [5.74, 6) is 5.10. The third kappa shape index (κ3) is 36.0. The molecule has 0 unspecified atom stereocenters. The van der Waals surface area contributed by atoms with Crippen LogP contribution >= 0.6 is 0 Å². The number of allylic oxidation sites excluding steroid dienone is 2. The number of unbranched alkanes of at least 4 members (excludes halogenated alkanes) is 15. The van der Waals surface area contributed by atoms with Gasteiger partial charge in [-0.3, -0.25) is 14.4 Å². The highest BCUT2D eigenvalue weighted by Crippen LogP contribution is 2.22. The number of hydrogen-bond donors (Lipinski definition) is 1. The zero-order chi connectivity index (χ0) is 38.2. The molecule has 0 rings (SSSR count). The van der Waals surface area contributed by atoms with E-state index in [0.717, 1.165) is 25.3 Å². The second kappa shape index (κ2) is 31.4. The second-order valence-electron chi connectivity index (χ2n) is 16.1. The molecule has 0 saturated carbocycles. The highest BCUT2D eigenvalue weighted by molar-refractivity contribution is 6.76. The molecule has 296 valence electrons. The lowest BCUT2D eigenvalue weighted by Gasteiger charge is -2.25. The van der Waals surface area contributed by atoms with E-state index in [2.05, 4.69) is 50.6 Å². The van der Waals surface area contributed by atoms with Gasteiger partial charge < -0.3 is 19.3 Å². The van der Waals surface area contributed by atoms with Crippen LogP contribution in [0.1, 0.15) is 182 Å². The first-order valence-corrected chi connectivity index (χ1v) is 24.3. The highest BCUT2D eigenvalue weighted by Gasteiger charge is 2.27. The van der Waals surface area contributed by atoms with E-state index in [1.807, 2.05) is 0 Å². The van der Waals surface area contributed by atoms with Crippen molar-refractivity contribution in [2.75, 3.05) is 6.61 Å². The summed E-state index contributed by atoms with van der Waals surface area (Å²) in [7, 11) is -1.30. The van der Waals surface area contributed by atoms with Crippen molar-refractivity contribution >= 4 is 26.0 Å². The van der Waals surface area contributed by atoms with Crippen LogP contribution in [0.2, 0.25) is 25.7 Å². The van der Waals surface area contributed by atoms with Gasteiger partial charge in [0.25, 0.3) is 0 Å². The number of aliphatic hydroxyl groups is 1. The minimum atomic E-state index is -1.30. The molecule has 1 N–H and O–H groups in total. The first kappa shape index (κ1) is 48.9. The van der Waals surface area contributed by atoms with Gasteiger partial charge in [-0.25, -0.2) is 0 Å². The van der Waals surface area contributed by atoms with Gasteiger partial charge in [-0.05, 0) is 58.4 Å². The summed E-state index contributed by atoms with van der Waals surface area (Å²) in [6.07, 6.45) is 28.2. The summed E-state index contributed by atoms with van der Waals surface area (Å²) in [5, 5.41) is 10.7. The Labute approximate surface area is 314 Å². The van der Waals surface area contributed by atoms with Gasteiger partial charge in [-0.2, -0.15) is 0 Å². The van der Waals surface area contributed by atoms with Gasteiger partial charge in [0.1, 0.15) is 12.2 Å². The Kier molecular flexibility index (Phi) is 30.1. The fourth-order valence-electron chi connectivity index (χ4n) is 5.98. The maximum Gasteiger partial charge on any atom is 0.308 e. The van der Waals surface area contributed by atoms with Crippen LogP contribution in [0.4, 0.5) is 0 Å². The summed E-state index contributed by atoms with van der Waals surface area (Å²) in [6.45, 7) is 14.1. The molecule has 0 radical (unpaired) electrons. The van der Waals surface area contributed by atoms with Crippen molar-refractivity contribution in [2.24, 2.45) is 0 Å². The first-order chi connectivity index (χ1) is 24.2. The number of esters is 3. The number of ether oxygens (including phenoxy) is 3. The summed E-state index contributed by atoms with van der Waals surface area (Å²) in [5.41, 5.74) is -1.21. The molecule has 0 aromatic rings. The first-order valence-electron chi connectivity index (χ1n) is 20.6. The van der Waals surface area contributed by atoms with Crippen LogP contribution in [0.15, 0.2) is 12.2 Å². The van der Waals surface area contributed by atoms with E-state index < -0.39 is 37.8 Å². The molecular formula is C43H78O7Si. The van der Waals surface area contributed by atoms with Crippen LogP contribution in [0.25, 0.3) is 0 Å². The van der Waals surface area contributed by atoms with E-state index in [1.165, 1.54) is 96.8 Å². The van der Waals surface area contributed by atoms with Crippen LogP contribution in [0, 0.1) is 11.8 Å². The van der Waals surface area contributed by atoms with Gasteiger partial charge in [-0.15, -0.1) is 11.8 Å².